The molecule has 0 aliphatic carbocycles. The van der Waals surface area contributed by atoms with Crippen LogP contribution in [0.5, 0.6) is 0 Å². The van der Waals surface area contributed by atoms with Gasteiger partial charge < -0.3 is 10.1 Å². The second kappa shape index (κ2) is 4.94. The van der Waals surface area contributed by atoms with Crippen LogP contribution in [0.15, 0.2) is 0 Å². The summed E-state index contributed by atoms with van der Waals surface area (Å²) in [6.07, 6.45) is 1.99. The van der Waals surface area contributed by atoms with Crippen LogP contribution in [0.3, 0.4) is 0 Å². The second-order valence-electron chi connectivity index (χ2n) is 3.95. The van der Waals surface area contributed by atoms with Gasteiger partial charge in [-0.1, -0.05) is 0 Å². The van der Waals surface area contributed by atoms with E-state index in [1.54, 1.807) is 0 Å². The molecule has 0 bridgehead atoms. The summed E-state index contributed by atoms with van der Waals surface area (Å²) < 4.78 is 27.3. The number of ether oxygens (including phenoxy) is 1. The normalized spacial score (nSPS) is 23.7. The highest BCUT2D eigenvalue weighted by Gasteiger charge is 2.24. The monoisotopic (exact) mass is 235 g/mol. The van der Waals surface area contributed by atoms with Crippen LogP contribution in [0.4, 0.5) is 0 Å². The van der Waals surface area contributed by atoms with Gasteiger partial charge in [-0.15, -0.1) is 0 Å². The molecule has 0 aromatic rings. The molecule has 0 aromatic carbocycles. The Morgan fingerprint density at radius 3 is 2.73 bits per heavy atom. The summed E-state index contributed by atoms with van der Waals surface area (Å²) in [5.41, 5.74) is 0. The standard InChI is InChI=1S/C9H17NO4S/c1-7(15(2,12)13)9(11)10-5-8-3-4-14-6-8/h7-8H,3-6H2,1-2H3,(H,10,11)/t7-,8-/m1/s1. The van der Waals surface area contributed by atoms with Crippen molar-refractivity contribution >= 4 is 15.7 Å². The molecule has 0 saturated carbocycles. The maximum atomic E-state index is 11.4. The lowest BCUT2D eigenvalue weighted by molar-refractivity contribution is -0.120. The molecule has 0 radical (unpaired) electrons. The predicted molar refractivity (Wildman–Crippen MR) is 56.2 cm³/mol. The zero-order valence-electron chi connectivity index (χ0n) is 9.02. The molecule has 2 atom stereocenters. The third-order valence-corrected chi connectivity index (χ3v) is 4.10. The van der Waals surface area contributed by atoms with E-state index in [2.05, 4.69) is 5.32 Å². The smallest absolute Gasteiger partial charge is 0.238 e. The summed E-state index contributed by atoms with van der Waals surface area (Å²) in [7, 11) is -3.29. The van der Waals surface area contributed by atoms with Crippen LogP contribution in [-0.4, -0.2) is 45.6 Å². The lowest BCUT2D eigenvalue weighted by Crippen LogP contribution is -2.39. The Morgan fingerprint density at radius 1 is 1.60 bits per heavy atom. The van der Waals surface area contributed by atoms with Gasteiger partial charge in [-0.25, -0.2) is 8.42 Å². The Hall–Kier alpha value is -0.620. The first-order valence-corrected chi connectivity index (χ1v) is 6.91. The summed E-state index contributed by atoms with van der Waals surface area (Å²) in [4.78, 5) is 11.4. The van der Waals surface area contributed by atoms with E-state index in [4.69, 9.17) is 4.74 Å². The number of nitrogens with one attached hydrogen (secondary N) is 1. The molecule has 0 aromatic heterocycles. The molecule has 88 valence electrons. The molecule has 1 saturated heterocycles. The Labute approximate surface area is 90.1 Å². The number of sulfone groups is 1. The van der Waals surface area contributed by atoms with Crippen molar-refractivity contribution in [2.45, 2.75) is 18.6 Å². The highest BCUT2D eigenvalue weighted by molar-refractivity contribution is 7.92. The molecule has 0 unspecified atom stereocenters. The second-order valence-corrected chi connectivity index (χ2v) is 6.31. The first kappa shape index (κ1) is 12.4. The molecule has 1 aliphatic rings. The molecule has 1 rings (SSSR count). The average Bonchev–Trinajstić information content (AvgIpc) is 2.63. The van der Waals surface area contributed by atoms with Crippen LogP contribution in [0.1, 0.15) is 13.3 Å². The average molecular weight is 235 g/mol. The van der Waals surface area contributed by atoms with Crippen molar-refractivity contribution in [3.8, 4) is 0 Å². The molecule has 1 fully saturated rings. The zero-order chi connectivity index (χ0) is 11.5. The largest absolute Gasteiger partial charge is 0.381 e. The fourth-order valence-electron chi connectivity index (χ4n) is 1.33. The van der Waals surface area contributed by atoms with Crippen molar-refractivity contribution in [3.05, 3.63) is 0 Å². The van der Waals surface area contributed by atoms with E-state index in [0.717, 1.165) is 19.3 Å². The van der Waals surface area contributed by atoms with Crippen molar-refractivity contribution < 1.29 is 17.9 Å². The van der Waals surface area contributed by atoms with Crippen LogP contribution >= 0.6 is 0 Å². The molecule has 5 nitrogen and oxygen atoms in total. The zero-order valence-corrected chi connectivity index (χ0v) is 9.84. The van der Waals surface area contributed by atoms with Gasteiger partial charge in [-0.2, -0.15) is 0 Å². The molecule has 6 heteroatoms. The molecule has 1 heterocycles. The molecule has 15 heavy (non-hydrogen) atoms. The van der Waals surface area contributed by atoms with Gasteiger partial charge >= 0.3 is 0 Å². The maximum Gasteiger partial charge on any atom is 0.238 e. The third-order valence-electron chi connectivity index (χ3n) is 2.60. The number of rotatable bonds is 4. The first-order valence-electron chi connectivity index (χ1n) is 4.95. The Morgan fingerprint density at radius 2 is 2.27 bits per heavy atom. The number of hydrogen-bond acceptors (Lipinski definition) is 4. The maximum absolute atomic E-state index is 11.4. The lowest BCUT2D eigenvalue weighted by Gasteiger charge is -2.12. The quantitative estimate of drug-likeness (QED) is 0.718. The van der Waals surface area contributed by atoms with E-state index in [0.29, 0.717) is 19.1 Å². The van der Waals surface area contributed by atoms with Crippen LogP contribution in [0, 0.1) is 5.92 Å². The summed E-state index contributed by atoms with van der Waals surface area (Å²) in [5.74, 6) is -0.106. The number of carbonyl (C=O) groups is 1. The van der Waals surface area contributed by atoms with Gasteiger partial charge in [0.05, 0.1) is 6.61 Å². The number of amides is 1. The summed E-state index contributed by atoms with van der Waals surface area (Å²) in [5, 5.41) is 1.66. The van der Waals surface area contributed by atoms with Gasteiger partial charge in [-0.05, 0) is 13.3 Å². The van der Waals surface area contributed by atoms with Crippen LogP contribution < -0.4 is 5.32 Å². The van der Waals surface area contributed by atoms with Gasteiger partial charge in [0.15, 0.2) is 9.84 Å². The third kappa shape index (κ3) is 3.79. The predicted octanol–water partition coefficient (Wildman–Crippen LogP) is -0.428. The molecule has 1 N–H and O–H groups in total. The summed E-state index contributed by atoms with van der Waals surface area (Å²) in [6, 6.07) is 0. The summed E-state index contributed by atoms with van der Waals surface area (Å²) >= 11 is 0. The SMILES string of the molecule is C[C@H](C(=O)NC[C@H]1CCOC1)S(C)(=O)=O. The minimum atomic E-state index is -3.29. The fraction of sp³-hybridized carbons (Fsp3) is 0.889. The van der Waals surface area contributed by atoms with Gasteiger partial charge in [0, 0.05) is 25.3 Å². The van der Waals surface area contributed by atoms with Gasteiger partial charge in [-0.3, -0.25) is 4.79 Å². The van der Waals surface area contributed by atoms with E-state index in [1.807, 2.05) is 0 Å². The topological polar surface area (TPSA) is 72.5 Å². The van der Waals surface area contributed by atoms with E-state index < -0.39 is 21.0 Å². The fourth-order valence-corrected chi connectivity index (χ4v) is 1.80. The number of hydrogen-bond donors (Lipinski definition) is 1. The molecular weight excluding hydrogens is 218 g/mol. The van der Waals surface area contributed by atoms with Crippen molar-refractivity contribution in [1.82, 2.24) is 5.32 Å². The molecule has 1 amide bonds. The van der Waals surface area contributed by atoms with E-state index in [9.17, 15) is 13.2 Å². The lowest BCUT2D eigenvalue weighted by atomic mass is 10.1. The molecular formula is C9H17NO4S. The van der Waals surface area contributed by atoms with E-state index >= 15 is 0 Å². The van der Waals surface area contributed by atoms with Crippen LogP contribution in [0.2, 0.25) is 0 Å². The highest BCUT2D eigenvalue weighted by atomic mass is 32.2. The van der Waals surface area contributed by atoms with Crippen molar-refractivity contribution in [2.75, 3.05) is 26.0 Å². The highest BCUT2D eigenvalue weighted by Crippen LogP contribution is 2.10. The molecule has 1 aliphatic heterocycles. The van der Waals surface area contributed by atoms with Gasteiger partial charge in [0.1, 0.15) is 5.25 Å². The minimum absolute atomic E-state index is 0.320. The first-order chi connectivity index (χ1) is 6.91. The van der Waals surface area contributed by atoms with Crippen molar-refractivity contribution in [3.63, 3.8) is 0 Å². The number of carbonyl (C=O) groups excluding carboxylic acids is 1. The van der Waals surface area contributed by atoms with E-state index in [1.165, 1.54) is 6.92 Å². The minimum Gasteiger partial charge on any atom is -0.381 e. The Kier molecular flexibility index (Phi) is 4.10. The Bertz CT molecular complexity index is 319. The Balaban J connectivity index is 2.35. The van der Waals surface area contributed by atoms with Crippen molar-refractivity contribution in [1.29, 1.82) is 0 Å². The molecule has 0 spiro atoms. The van der Waals surface area contributed by atoms with Gasteiger partial charge in [0.25, 0.3) is 0 Å². The van der Waals surface area contributed by atoms with Crippen LogP contribution in [0.25, 0.3) is 0 Å². The van der Waals surface area contributed by atoms with Crippen LogP contribution in [-0.2, 0) is 19.4 Å². The summed E-state index contributed by atoms with van der Waals surface area (Å²) in [6.45, 7) is 3.27. The van der Waals surface area contributed by atoms with Gasteiger partial charge in [0.2, 0.25) is 5.91 Å². The van der Waals surface area contributed by atoms with E-state index in [-0.39, 0.29) is 0 Å². The van der Waals surface area contributed by atoms with Crippen molar-refractivity contribution in [2.24, 2.45) is 5.92 Å².